The van der Waals surface area contributed by atoms with E-state index in [2.05, 4.69) is 70.9 Å². The molecule has 2 heteroatoms. The maximum atomic E-state index is 3.91. The lowest BCUT2D eigenvalue weighted by molar-refractivity contribution is 0.0209. The van der Waals surface area contributed by atoms with Gasteiger partial charge in [-0.15, -0.1) is 0 Å². The van der Waals surface area contributed by atoms with Crippen LogP contribution in [0.25, 0.3) is 0 Å². The molecule has 1 N–H and O–H groups in total. The molecule has 4 aliphatic rings. The summed E-state index contributed by atoms with van der Waals surface area (Å²) in [5, 5.41) is 3.91. The number of rotatable bonds is 3. The molecule has 0 amide bonds. The Morgan fingerprint density at radius 1 is 0.741 bits per heavy atom. The molecule has 3 saturated heterocycles. The number of nitrogens with one attached hydrogen (secondary N) is 1. The van der Waals surface area contributed by atoms with Gasteiger partial charge in [0.05, 0.1) is 0 Å². The van der Waals surface area contributed by atoms with E-state index in [0.717, 1.165) is 13.1 Å². The van der Waals surface area contributed by atoms with Crippen LogP contribution in [-0.2, 0) is 0 Å². The van der Waals surface area contributed by atoms with E-state index < -0.39 is 0 Å². The molecular weight excluding hydrogens is 328 g/mol. The van der Waals surface area contributed by atoms with E-state index >= 15 is 0 Å². The van der Waals surface area contributed by atoms with Crippen LogP contribution < -0.4 is 5.32 Å². The quantitative estimate of drug-likeness (QED) is 0.846. The molecule has 3 heterocycles. The Balaban J connectivity index is 1.57. The first-order valence-corrected chi connectivity index (χ1v) is 10.9. The summed E-state index contributed by atoms with van der Waals surface area (Å²) in [5.41, 5.74) is 3.41. The summed E-state index contributed by atoms with van der Waals surface area (Å²) in [7, 11) is 0. The van der Waals surface area contributed by atoms with Gasteiger partial charge >= 0.3 is 0 Å². The minimum atomic E-state index is 0.314. The van der Waals surface area contributed by atoms with Gasteiger partial charge in [0, 0.05) is 12.1 Å². The molecule has 0 spiro atoms. The molecule has 0 aromatic heterocycles. The predicted octanol–water partition coefficient (Wildman–Crippen LogP) is 4.79. The smallest absolute Gasteiger partial charge is 0.0345 e. The van der Waals surface area contributed by atoms with Gasteiger partial charge < -0.3 is 5.32 Å². The minimum Gasteiger partial charge on any atom is -0.315 e. The zero-order valence-corrected chi connectivity index (χ0v) is 16.3. The van der Waals surface area contributed by atoms with E-state index in [1.807, 2.05) is 0 Å². The highest BCUT2D eigenvalue weighted by atomic mass is 15.2. The molecule has 3 aliphatic heterocycles. The Bertz CT molecular complexity index is 686. The van der Waals surface area contributed by atoms with Crippen LogP contribution in [0.2, 0.25) is 0 Å². The summed E-state index contributed by atoms with van der Waals surface area (Å²) in [6.45, 7) is 4.88. The Morgan fingerprint density at radius 3 is 1.85 bits per heavy atom. The van der Waals surface area contributed by atoms with Crippen molar-refractivity contribution in [3.63, 3.8) is 0 Å². The van der Waals surface area contributed by atoms with Gasteiger partial charge in [-0.3, -0.25) is 4.90 Å². The molecule has 142 valence electrons. The number of benzene rings is 2. The van der Waals surface area contributed by atoms with E-state index in [9.17, 15) is 0 Å². The molecule has 27 heavy (non-hydrogen) atoms. The summed E-state index contributed by atoms with van der Waals surface area (Å²) in [5.74, 6) is 2.00. The molecule has 2 bridgehead atoms. The van der Waals surface area contributed by atoms with Gasteiger partial charge in [0.2, 0.25) is 0 Å². The van der Waals surface area contributed by atoms with Crippen LogP contribution in [0.5, 0.6) is 0 Å². The zero-order valence-electron chi connectivity index (χ0n) is 16.3. The van der Waals surface area contributed by atoms with E-state index in [1.165, 1.54) is 45.2 Å². The third-order valence-electron chi connectivity index (χ3n) is 7.55. The lowest BCUT2D eigenvalue weighted by Gasteiger charge is -2.52. The SMILES string of the molecule is c1ccc([C@H]2CC3(N4CCCCC4)CNCC2[C@H](c2ccccc2)C3)cc1. The molecule has 2 aromatic rings. The van der Waals surface area contributed by atoms with Gasteiger partial charge in [-0.05, 0) is 74.2 Å². The van der Waals surface area contributed by atoms with E-state index in [-0.39, 0.29) is 0 Å². The van der Waals surface area contributed by atoms with Crippen molar-refractivity contribution in [2.75, 3.05) is 26.2 Å². The van der Waals surface area contributed by atoms with Crippen LogP contribution in [-0.4, -0.2) is 36.6 Å². The maximum Gasteiger partial charge on any atom is 0.0345 e. The highest BCUT2D eigenvalue weighted by molar-refractivity contribution is 5.31. The molecule has 1 aliphatic carbocycles. The third-order valence-corrected chi connectivity index (χ3v) is 7.55. The first kappa shape index (κ1) is 17.5. The van der Waals surface area contributed by atoms with Crippen molar-refractivity contribution >= 4 is 0 Å². The first-order chi connectivity index (χ1) is 13.4. The second-order valence-electron chi connectivity index (χ2n) is 9.01. The second kappa shape index (κ2) is 7.41. The molecule has 4 atom stereocenters. The fraction of sp³-hybridized carbons (Fsp3) is 0.520. The van der Waals surface area contributed by atoms with Crippen LogP contribution in [0, 0.1) is 5.92 Å². The van der Waals surface area contributed by atoms with Crippen molar-refractivity contribution in [3.8, 4) is 0 Å². The van der Waals surface area contributed by atoms with Gasteiger partial charge in [-0.2, -0.15) is 0 Å². The third kappa shape index (κ3) is 3.23. The largest absolute Gasteiger partial charge is 0.315 e. The van der Waals surface area contributed by atoms with E-state index in [4.69, 9.17) is 0 Å². The van der Waals surface area contributed by atoms with Crippen molar-refractivity contribution in [1.82, 2.24) is 10.2 Å². The number of likely N-dealkylation sites (tertiary alicyclic amines) is 1. The summed E-state index contributed by atoms with van der Waals surface area (Å²) < 4.78 is 0. The van der Waals surface area contributed by atoms with Gasteiger partial charge in [0.15, 0.2) is 0 Å². The lowest BCUT2D eigenvalue weighted by atomic mass is 9.61. The standard InChI is InChI=1S/C25H32N2/c1-4-10-20(11-5-1)22-16-25(27-14-8-3-9-15-27)17-23(24(22)18-26-19-25)21-12-6-2-7-13-21/h1-2,4-7,10-13,22-24,26H,3,8-9,14-19H2/t22-,23+,24?,25?. The average molecular weight is 361 g/mol. The van der Waals surface area contributed by atoms with E-state index in [0.29, 0.717) is 23.3 Å². The Kier molecular flexibility index (Phi) is 4.79. The molecule has 2 nitrogen and oxygen atoms in total. The van der Waals surface area contributed by atoms with Crippen molar-refractivity contribution in [1.29, 1.82) is 0 Å². The molecular formula is C25H32N2. The molecule has 1 saturated carbocycles. The van der Waals surface area contributed by atoms with Crippen molar-refractivity contribution in [3.05, 3.63) is 71.8 Å². The summed E-state index contributed by atoms with van der Waals surface area (Å²) in [4.78, 5) is 2.87. The van der Waals surface area contributed by atoms with Crippen LogP contribution >= 0.6 is 0 Å². The fourth-order valence-corrected chi connectivity index (χ4v) is 6.25. The zero-order chi connectivity index (χ0) is 18.1. The van der Waals surface area contributed by atoms with Crippen LogP contribution in [0.15, 0.2) is 60.7 Å². The Hall–Kier alpha value is -1.64. The predicted molar refractivity (Wildman–Crippen MR) is 112 cm³/mol. The molecule has 2 aromatic carbocycles. The van der Waals surface area contributed by atoms with Crippen LogP contribution in [0.1, 0.15) is 55.1 Å². The van der Waals surface area contributed by atoms with Gasteiger partial charge in [0.25, 0.3) is 0 Å². The van der Waals surface area contributed by atoms with Crippen molar-refractivity contribution in [2.24, 2.45) is 5.92 Å². The topological polar surface area (TPSA) is 15.3 Å². The highest BCUT2D eigenvalue weighted by Crippen LogP contribution is 2.53. The molecule has 4 fully saturated rings. The Morgan fingerprint density at radius 2 is 1.30 bits per heavy atom. The van der Waals surface area contributed by atoms with Crippen molar-refractivity contribution < 1.29 is 0 Å². The fourth-order valence-electron chi connectivity index (χ4n) is 6.25. The molecule has 0 radical (unpaired) electrons. The molecule has 6 rings (SSSR count). The van der Waals surface area contributed by atoms with E-state index in [1.54, 1.807) is 11.1 Å². The average Bonchev–Trinajstić information content (AvgIpc) is 3.07. The lowest BCUT2D eigenvalue weighted by Crippen LogP contribution is -2.57. The molecule has 2 unspecified atom stereocenters. The maximum absolute atomic E-state index is 3.91. The van der Waals surface area contributed by atoms with Crippen LogP contribution in [0.4, 0.5) is 0 Å². The second-order valence-corrected chi connectivity index (χ2v) is 9.01. The highest BCUT2D eigenvalue weighted by Gasteiger charge is 2.51. The summed E-state index contributed by atoms with van der Waals surface area (Å²) in [6, 6.07) is 22.7. The van der Waals surface area contributed by atoms with Crippen molar-refractivity contribution in [2.45, 2.75) is 49.5 Å². The number of piperidine rings is 1. The van der Waals surface area contributed by atoms with Gasteiger partial charge in [-0.25, -0.2) is 0 Å². The van der Waals surface area contributed by atoms with Crippen LogP contribution in [0.3, 0.4) is 0 Å². The summed E-state index contributed by atoms with van der Waals surface area (Å²) in [6.07, 6.45) is 6.79. The number of fused-ring (bicyclic) bond motifs is 4. The summed E-state index contributed by atoms with van der Waals surface area (Å²) >= 11 is 0. The number of hydrogen-bond donors (Lipinski definition) is 1. The first-order valence-electron chi connectivity index (χ1n) is 10.9. The Labute approximate surface area is 164 Å². The number of nitrogens with zero attached hydrogens (tertiary/aromatic N) is 1. The normalized spacial score (nSPS) is 34.3. The monoisotopic (exact) mass is 360 g/mol. The van der Waals surface area contributed by atoms with Gasteiger partial charge in [0.1, 0.15) is 0 Å². The number of hydrogen-bond acceptors (Lipinski definition) is 2. The van der Waals surface area contributed by atoms with Gasteiger partial charge in [-0.1, -0.05) is 67.1 Å². The minimum absolute atomic E-state index is 0.314.